The highest BCUT2D eigenvalue weighted by Gasteiger charge is 2.27. The number of nitrogens with one attached hydrogen (secondary N) is 2. The van der Waals surface area contributed by atoms with Crippen molar-refractivity contribution >= 4 is 17.3 Å². The third kappa shape index (κ3) is 5.14. The molecule has 0 saturated carbocycles. The Hall–Kier alpha value is -2.97. The first-order valence-corrected chi connectivity index (χ1v) is 10.1. The van der Waals surface area contributed by atoms with Crippen molar-refractivity contribution in [3.05, 3.63) is 69.3 Å². The van der Waals surface area contributed by atoms with Crippen LogP contribution in [0.2, 0.25) is 0 Å². The summed E-state index contributed by atoms with van der Waals surface area (Å²) < 4.78 is 5.51. The third-order valence-electron chi connectivity index (χ3n) is 5.56. The number of carbonyl (C=O) groups is 1. The van der Waals surface area contributed by atoms with E-state index in [0.717, 1.165) is 24.3 Å². The fraction of sp³-hybridized carbons (Fsp3) is 0.409. The van der Waals surface area contributed by atoms with E-state index in [9.17, 15) is 14.9 Å². The fourth-order valence-electron chi connectivity index (χ4n) is 3.78. The molecular weight excluding hydrogens is 384 g/mol. The smallest absolute Gasteiger partial charge is 0.272 e. The van der Waals surface area contributed by atoms with Gasteiger partial charge in [-0.05, 0) is 31.2 Å². The molecule has 1 heterocycles. The van der Waals surface area contributed by atoms with Gasteiger partial charge in [0.1, 0.15) is 19.1 Å². The minimum atomic E-state index is -0.438. The zero-order chi connectivity index (χ0) is 21.7. The second kappa shape index (κ2) is 9.69. The quantitative estimate of drug-likeness (QED) is 0.529. The second-order valence-electron chi connectivity index (χ2n) is 7.78. The second-order valence-corrected chi connectivity index (χ2v) is 7.78. The van der Waals surface area contributed by atoms with Gasteiger partial charge in [0.15, 0.2) is 0 Å². The zero-order valence-electron chi connectivity index (χ0n) is 17.7. The van der Waals surface area contributed by atoms with E-state index in [4.69, 9.17) is 4.74 Å². The van der Waals surface area contributed by atoms with E-state index in [-0.39, 0.29) is 17.6 Å². The minimum absolute atomic E-state index is 0.0168. The molecule has 2 aromatic carbocycles. The van der Waals surface area contributed by atoms with Gasteiger partial charge in [-0.1, -0.05) is 12.1 Å². The Kier molecular flexibility index (Phi) is 7.02. The number of anilines is 1. The number of ether oxygens (including phenoxy) is 1. The Bertz CT molecular complexity index is 893. The summed E-state index contributed by atoms with van der Waals surface area (Å²) in [6, 6.07) is 13.0. The van der Waals surface area contributed by atoms with E-state index in [2.05, 4.69) is 34.5 Å². The molecular formula is C22H29N4O4+. The molecule has 0 bridgehead atoms. The van der Waals surface area contributed by atoms with Crippen LogP contribution in [0, 0.1) is 17.0 Å². The van der Waals surface area contributed by atoms with Gasteiger partial charge in [0.05, 0.1) is 24.7 Å². The molecule has 8 nitrogen and oxygen atoms in total. The van der Waals surface area contributed by atoms with Crippen LogP contribution in [0.3, 0.4) is 0 Å². The average molecular weight is 413 g/mol. The van der Waals surface area contributed by atoms with Crippen LogP contribution < -0.4 is 15.1 Å². The van der Waals surface area contributed by atoms with Crippen LogP contribution in [0.25, 0.3) is 0 Å². The predicted molar refractivity (Wildman–Crippen MR) is 115 cm³/mol. The molecule has 0 aliphatic carbocycles. The summed E-state index contributed by atoms with van der Waals surface area (Å²) in [6.07, 6.45) is 0. The number of benzene rings is 2. The van der Waals surface area contributed by atoms with E-state index in [1.54, 1.807) is 13.0 Å². The van der Waals surface area contributed by atoms with Crippen LogP contribution >= 0.6 is 0 Å². The molecule has 1 fully saturated rings. The van der Waals surface area contributed by atoms with Gasteiger partial charge in [0.25, 0.3) is 11.6 Å². The first kappa shape index (κ1) is 21.7. The summed E-state index contributed by atoms with van der Waals surface area (Å²) in [5.74, 6) is -0.226. The average Bonchev–Trinajstić information content (AvgIpc) is 2.74. The number of hydrogen-bond donors (Lipinski definition) is 2. The van der Waals surface area contributed by atoms with Crippen molar-refractivity contribution in [3.8, 4) is 0 Å². The predicted octanol–water partition coefficient (Wildman–Crippen LogP) is 1.36. The van der Waals surface area contributed by atoms with Gasteiger partial charge >= 0.3 is 0 Å². The van der Waals surface area contributed by atoms with Crippen molar-refractivity contribution in [3.63, 3.8) is 0 Å². The maximum Gasteiger partial charge on any atom is 0.272 e. The van der Waals surface area contributed by atoms with Gasteiger partial charge in [0, 0.05) is 42.5 Å². The number of nitro groups is 1. The van der Waals surface area contributed by atoms with Crippen LogP contribution in [0.5, 0.6) is 0 Å². The summed E-state index contributed by atoms with van der Waals surface area (Å²) in [6.45, 7) is 5.29. The van der Waals surface area contributed by atoms with Crippen molar-refractivity contribution < 1.29 is 19.4 Å². The highest BCUT2D eigenvalue weighted by Crippen LogP contribution is 2.19. The number of hydrogen-bond acceptors (Lipinski definition) is 5. The van der Waals surface area contributed by atoms with Gasteiger partial charge < -0.3 is 19.9 Å². The number of carbonyl (C=O) groups excluding carboxylic acids is 1. The van der Waals surface area contributed by atoms with E-state index in [1.807, 2.05) is 14.1 Å². The van der Waals surface area contributed by atoms with Crippen LogP contribution in [0.15, 0.2) is 42.5 Å². The molecule has 1 aliphatic rings. The zero-order valence-corrected chi connectivity index (χ0v) is 17.7. The van der Waals surface area contributed by atoms with Crippen molar-refractivity contribution in [2.45, 2.75) is 13.0 Å². The molecule has 2 N–H and O–H groups in total. The fourth-order valence-corrected chi connectivity index (χ4v) is 3.78. The molecule has 3 rings (SSSR count). The molecule has 160 valence electrons. The van der Waals surface area contributed by atoms with Crippen LogP contribution in [0.1, 0.15) is 27.5 Å². The minimum Gasteiger partial charge on any atom is -0.378 e. The summed E-state index contributed by atoms with van der Waals surface area (Å²) in [7, 11) is 4.01. The molecule has 0 unspecified atom stereocenters. The van der Waals surface area contributed by atoms with E-state index < -0.39 is 4.92 Å². The van der Waals surface area contributed by atoms with Crippen molar-refractivity contribution in [1.82, 2.24) is 5.32 Å². The molecule has 8 heteroatoms. The number of nitrogens with zero attached hydrogens (tertiary/aromatic N) is 2. The number of rotatable bonds is 7. The normalized spacial score (nSPS) is 15.4. The summed E-state index contributed by atoms with van der Waals surface area (Å²) in [4.78, 5) is 26.7. The van der Waals surface area contributed by atoms with Gasteiger partial charge in [-0.3, -0.25) is 14.9 Å². The molecule has 0 aromatic heterocycles. The Morgan fingerprint density at radius 3 is 2.43 bits per heavy atom. The maximum absolute atomic E-state index is 12.7. The number of morpholine rings is 1. The Labute approximate surface area is 176 Å². The van der Waals surface area contributed by atoms with Crippen molar-refractivity contribution in [2.24, 2.45) is 0 Å². The van der Waals surface area contributed by atoms with Crippen molar-refractivity contribution in [2.75, 3.05) is 51.8 Å². The van der Waals surface area contributed by atoms with Gasteiger partial charge in [-0.2, -0.15) is 0 Å². The third-order valence-corrected chi connectivity index (χ3v) is 5.56. The lowest BCUT2D eigenvalue weighted by Gasteiger charge is -2.32. The summed E-state index contributed by atoms with van der Waals surface area (Å²) in [5, 5.41) is 14.0. The highest BCUT2D eigenvalue weighted by molar-refractivity contribution is 5.94. The monoisotopic (exact) mass is 413 g/mol. The molecule has 30 heavy (non-hydrogen) atoms. The first-order valence-electron chi connectivity index (χ1n) is 10.1. The molecule has 1 aliphatic heterocycles. The Morgan fingerprint density at radius 2 is 1.87 bits per heavy atom. The highest BCUT2D eigenvalue weighted by atomic mass is 16.6. The topological polar surface area (TPSA) is 89.2 Å². The molecule has 2 aromatic rings. The molecule has 1 amide bonds. The molecule has 1 saturated heterocycles. The van der Waals surface area contributed by atoms with Gasteiger partial charge in [0.2, 0.25) is 0 Å². The maximum atomic E-state index is 12.7. The summed E-state index contributed by atoms with van der Waals surface area (Å²) in [5.41, 5.74) is 3.21. The number of amides is 1. The van der Waals surface area contributed by atoms with Crippen LogP contribution in [-0.4, -0.2) is 57.8 Å². The van der Waals surface area contributed by atoms with E-state index >= 15 is 0 Å². The first-order chi connectivity index (χ1) is 14.4. The van der Waals surface area contributed by atoms with Gasteiger partial charge in [-0.25, -0.2) is 0 Å². The standard InChI is InChI=1S/C22H28N4O4/c1-16-14-18(6-9-20(16)26(28)29)22(27)23-15-21(25-10-12-30-13-11-25)17-4-7-19(8-5-17)24(2)3/h4-9,14,21H,10-13,15H2,1-3H3,(H,23,27)/p+1/t21-/m0/s1. The molecule has 0 radical (unpaired) electrons. The lowest BCUT2D eigenvalue weighted by molar-refractivity contribution is -0.937. The van der Waals surface area contributed by atoms with Crippen LogP contribution in [0.4, 0.5) is 11.4 Å². The largest absolute Gasteiger partial charge is 0.378 e. The number of quaternary nitrogens is 1. The Balaban J connectivity index is 1.75. The number of nitro benzene ring substituents is 1. The number of aryl methyl sites for hydroxylation is 1. The lowest BCUT2D eigenvalue weighted by Crippen LogP contribution is -3.15. The Morgan fingerprint density at radius 1 is 1.20 bits per heavy atom. The van der Waals surface area contributed by atoms with E-state index in [1.165, 1.54) is 17.0 Å². The molecule has 1 atom stereocenters. The van der Waals surface area contributed by atoms with E-state index in [0.29, 0.717) is 30.9 Å². The van der Waals surface area contributed by atoms with Gasteiger partial charge in [-0.15, -0.1) is 0 Å². The lowest BCUT2D eigenvalue weighted by atomic mass is 10.0. The SMILES string of the molecule is Cc1cc(C(=O)NC[C@@H](c2ccc(N(C)C)cc2)[NH+]2CCOCC2)ccc1[N+](=O)[O-]. The van der Waals surface area contributed by atoms with Crippen LogP contribution in [-0.2, 0) is 4.74 Å². The molecule has 0 spiro atoms. The summed E-state index contributed by atoms with van der Waals surface area (Å²) >= 11 is 0. The van der Waals surface area contributed by atoms with Crippen molar-refractivity contribution in [1.29, 1.82) is 0 Å².